The summed E-state index contributed by atoms with van der Waals surface area (Å²) in [6.45, 7) is 0.431. The first-order valence-electron chi connectivity index (χ1n) is 8.42. The number of ether oxygens (including phenoxy) is 2. The maximum Gasteiger partial charge on any atom is 0.405 e. The molecular weight excluding hydrogens is 455 g/mol. The van der Waals surface area contributed by atoms with Gasteiger partial charge in [0.15, 0.2) is 18.1 Å². The second-order valence-electron chi connectivity index (χ2n) is 5.68. The second-order valence-corrected chi connectivity index (χ2v) is 6.54. The Morgan fingerprint density at radius 3 is 2.52 bits per heavy atom. The lowest BCUT2D eigenvalue weighted by atomic mass is 10.2. The lowest BCUT2D eigenvalue weighted by molar-refractivity contribution is -0.118. The highest BCUT2D eigenvalue weighted by molar-refractivity contribution is 9.10. The van der Waals surface area contributed by atoms with Crippen LogP contribution in [0.4, 0.5) is 24.5 Å². The zero-order valence-electron chi connectivity index (χ0n) is 15.3. The average Bonchev–Trinajstić information content (AvgIpc) is 2.66. The van der Waals surface area contributed by atoms with Crippen molar-refractivity contribution in [2.24, 2.45) is 0 Å². The lowest BCUT2D eigenvalue weighted by Gasteiger charge is -2.16. The molecule has 154 valence electrons. The summed E-state index contributed by atoms with van der Waals surface area (Å²) in [5.74, 6) is -0.0482. The van der Waals surface area contributed by atoms with Gasteiger partial charge in [-0.1, -0.05) is 12.1 Å². The molecular formula is C19H17BrF3N3O3. The molecule has 0 aliphatic carbocycles. The summed E-state index contributed by atoms with van der Waals surface area (Å²) in [6.07, 6.45) is -4.39. The number of nitriles is 1. The lowest BCUT2D eigenvalue weighted by Crippen LogP contribution is -2.24. The Hall–Kier alpha value is -2.93. The maximum atomic E-state index is 12.4. The number of benzene rings is 2. The molecule has 2 aromatic rings. The molecule has 0 aliphatic heterocycles. The molecule has 0 saturated carbocycles. The van der Waals surface area contributed by atoms with E-state index in [0.29, 0.717) is 22.4 Å². The van der Waals surface area contributed by atoms with Crippen molar-refractivity contribution in [3.05, 3.63) is 46.4 Å². The Kier molecular flexibility index (Phi) is 7.73. The molecule has 0 aromatic heterocycles. The Labute approximate surface area is 173 Å². The van der Waals surface area contributed by atoms with Gasteiger partial charge in [-0.2, -0.15) is 18.4 Å². The molecule has 2 rings (SSSR count). The van der Waals surface area contributed by atoms with Crippen molar-refractivity contribution in [2.75, 3.05) is 30.4 Å². The van der Waals surface area contributed by atoms with Crippen molar-refractivity contribution in [1.29, 1.82) is 5.26 Å². The van der Waals surface area contributed by atoms with Crippen LogP contribution in [0.15, 0.2) is 40.9 Å². The fourth-order valence-electron chi connectivity index (χ4n) is 2.30. The van der Waals surface area contributed by atoms with Crippen LogP contribution >= 0.6 is 15.9 Å². The first-order valence-corrected chi connectivity index (χ1v) is 9.21. The number of rotatable bonds is 8. The SMILES string of the molecule is CCOc1cc(C#N)cc(Br)c1OCC(=O)Nc1ccccc1NCC(F)(F)F. The van der Waals surface area contributed by atoms with Crippen LogP contribution in [-0.4, -0.2) is 31.8 Å². The molecule has 2 aromatic carbocycles. The molecule has 0 bridgehead atoms. The Balaban J connectivity index is 2.07. The fraction of sp³-hybridized carbons (Fsp3) is 0.263. The number of nitrogens with zero attached hydrogens (tertiary/aromatic N) is 1. The van der Waals surface area contributed by atoms with E-state index in [1.807, 2.05) is 6.07 Å². The number of hydrogen-bond donors (Lipinski definition) is 2. The van der Waals surface area contributed by atoms with Crippen molar-refractivity contribution in [2.45, 2.75) is 13.1 Å². The van der Waals surface area contributed by atoms with Gasteiger partial charge < -0.3 is 20.1 Å². The van der Waals surface area contributed by atoms with Crippen LogP contribution in [0.2, 0.25) is 0 Å². The van der Waals surface area contributed by atoms with E-state index in [0.717, 1.165) is 0 Å². The van der Waals surface area contributed by atoms with Crippen molar-refractivity contribution in [3.63, 3.8) is 0 Å². The number of para-hydroxylation sites is 2. The van der Waals surface area contributed by atoms with Gasteiger partial charge in [0.25, 0.3) is 5.91 Å². The van der Waals surface area contributed by atoms with E-state index in [4.69, 9.17) is 14.7 Å². The van der Waals surface area contributed by atoms with Gasteiger partial charge in [-0.05, 0) is 41.1 Å². The molecule has 1 amide bonds. The molecule has 0 heterocycles. The predicted molar refractivity (Wildman–Crippen MR) is 105 cm³/mol. The molecule has 0 saturated heterocycles. The van der Waals surface area contributed by atoms with Gasteiger partial charge in [0.1, 0.15) is 6.54 Å². The van der Waals surface area contributed by atoms with Crippen LogP contribution < -0.4 is 20.1 Å². The second kappa shape index (κ2) is 10.0. The van der Waals surface area contributed by atoms with Crippen molar-refractivity contribution in [3.8, 4) is 17.6 Å². The summed E-state index contributed by atoms with van der Waals surface area (Å²) in [4.78, 5) is 12.2. The highest BCUT2D eigenvalue weighted by Gasteiger charge is 2.27. The van der Waals surface area contributed by atoms with Gasteiger partial charge >= 0.3 is 6.18 Å². The van der Waals surface area contributed by atoms with E-state index in [-0.39, 0.29) is 17.1 Å². The minimum Gasteiger partial charge on any atom is -0.490 e. The van der Waals surface area contributed by atoms with Gasteiger partial charge in [-0.15, -0.1) is 0 Å². The summed E-state index contributed by atoms with van der Waals surface area (Å²) in [6, 6.07) is 11.0. The summed E-state index contributed by atoms with van der Waals surface area (Å²) in [5.41, 5.74) is 0.670. The number of carbonyl (C=O) groups is 1. The zero-order valence-corrected chi connectivity index (χ0v) is 16.9. The van der Waals surface area contributed by atoms with E-state index in [1.165, 1.54) is 24.3 Å². The summed E-state index contributed by atoms with van der Waals surface area (Å²) >= 11 is 3.27. The summed E-state index contributed by atoms with van der Waals surface area (Å²) in [7, 11) is 0. The van der Waals surface area contributed by atoms with Gasteiger partial charge in [0, 0.05) is 6.07 Å². The molecule has 6 nitrogen and oxygen atoms in total. The van der Waals surface area contributed by atoms with Gasteiger partial charge in [-0.25, -0.2) is 0 Å². The maximum absolute atomic E-state index is 12.4. The smallest absolute Gasteiger partial charge is 0.405 e. The Morgan fingerprint density at radius 1 is 1.21 bits per heavy atom. The number of alkyl halides is 3. The summed E-state index contributed by atoms with van der Waals surface area (Å²) in [5, 5.41) is 13.8. The molecule has 0 fully saturated rings. The quantitative estimate of drug-likeness (QED) is 0.582. The first kappa shape index (κ1) is 22.4. The molecule has 10 heteroatoms. The standard InChI is InChI=1S/C19H17BrF3N3O3/c1-2-28-16-8-12(9-24)7-13(20)18(16)29-10-17(27)26-15-6-4-3-5-14(15)25-11-19(21,22)23/h3-8,25H,2,10-11H2,1H3,(H,26,27). The van der Waals surface area contributed by atoms with Crippen molar-refractivity contribution in [1.82, 2.24) is 0 Å². The van der Waals surface area contributed by atoms with Gasteiger partial charge in [-0.3, -0.25) is 4.79 Å². The Bertz CT molecular complexity index is 914. The monoisotopic (exact) mass is 471 g/mol. The first-order chi connectivity index (χ1) is 13.7. The molecule has 0 aliphatic rings. The van der Waals surface area contributed by atoms with E-state index in [2.05, 4.69) is 26.6 Å². The van der Waals surface area contributed by atoms with Crippen LogP contribution in [-0.2, 0) is 4.79 Å². The topological polar surface area (TPSA) is 83.4 Å². The van der Waals surface area contributed by atoms with E-state index in [9.17, 15) is 18.0 Å². The van der Waals surface area contributed by atoms with Crippen LogP contribution in [0, 0.1) is 11.3 Å². The van der Waals surface area contributed by atoms with Crippen LogP contribution in [0.1, 0.15) is 12.5 Å². The predicted octanol–water partition coefficient (Wildman–Crippen LogP) is 4.71. The third kappa shape index (κ3) is 6.87. The largest absolute Gasteiger partial charge is 0.490 e. The zero-order chi connectivity index (χ0) is 21.4. The number of amides is 1. The average molecular weight is 472 g/mol. The molecule has 0 unspecified atom stereocenters. The molecule has 0 atom stereocenters. The van der Waals surface area contributed by atoms with Gasteiger partial charge in [0.05, 0.1) is 34.1 Å². The van der Waals surface area contributed by atoms with E-state index >= 15 is 0 Å². The van der Waals surface area contributed by atoms with Gasteiger partial charge in [0.2, 0.25) is 0 Å². The number of anilines is 2. The van der Waals surface area contributed by atoms with Crippen molar-refractivity contribution >= 4 is 33.2 Å². The summed E-state index contributed by atoms with van der Waals surface area (Å²) < 4.78 is 48.7. The highest BCUT2D eigenvalue weighted by atomic mass is 79.9. The number of halogens is 4. The molecule has 29 heavy (non-hydrogen) atoms. The van der Waals surface area contributed by atoms with Crippen LogP contribution in [0.3, 0.4) is 0 Å². The van der Waals surface area contributed by atoms with E-state index < -0.39 is 25.2 Å². The number of hydrogen-bond acceptors (Lipinski definition) is 5. The van der Waals surface area contributed by atoms with Crippen molar-refractivity contribution < 1.29 is 27.4 Å². The van der Waals surface area contributed by atoms with Crippen LogP contribution in [0.25, 0.3) is 0 Å². The fourth-order valence-corrected chi connectivity index (χ4v) is 2.86. The molecule has 0 radical (unpaired) electrons. The van der Waals surface area contributed by atoms with E-state index in [1.54, 1.807) is 19.1 Å². The number of nitrogens with one attached hydrogen (secondary N) is 2. The highest BCUT2D eigenvalue weighted by Crippen LogP contribution is 2.36. The third-order valence-corrected chi connectivity index (χ3v) is 4.06. The molecule has 2 N–H and O–H groups in total. The minimum atomic E-state index is -4.39. The van der Waals surface area contributed by atoms with Crippen LogP contribution in [0.5, 0.6) is 11.5 Å². The third-order valence-electron chi connectivity index (χ3n) is 3.47. The number of carbonyl (C=O) groups excluding carboxylic acids is 1. The normalized spacial score (nSPS) is 10.8. The molecule has 0 spiro atoms. The Morgan fingerprint density at radius 2 is 1.90 bits per heavy atom. The minimum absolute atomic E-state index is 0.132.